The van der Waals surface area contributed by atoms with Gasteiger partial charge in [0.25, 0.3) is 0 Å². The number of aromatic nitrogens is 1. The van der Waals surface area contributed by atoms with Gasteiger partial charge in [-0.1, -0.05) is 6.07 Å². The second kappa shape index (κ2) is 4.94. The van der Waals surface area contributed by atoms with Crippen LogP contribution in [-0.2, 0) is 5.88 Å². The second-order valence-electron chi connectivity index (χ2n) is 3.19. The molecule has 16 heavy (non-hydrogen) atoms. The lowest BCUT2D eigenvalue weighted by molar-refractivity contribution is 0.461. The molecule has 1 heterocycles. The molecule has 1 aromatic heterocycles. The largest absolute Gasteiger partial charge is 0.439 e. The monoisotopic (exact) mass is 237 g/mol. The zero-order chi connectivity index (χ0) is 11.4. The quantitative estimate of drug-likeness (QED) is 0.759. The zero-order valence-electron chi connectivity index (χ0n) is 8.36. The van der Waals surface area contributed by atoms with Gasteiger partial charge in [-0.05, 0) is 29.8 Å². The lowest BCUT2D eigenvalue weighted by Crippen LogP contribution is -1.88. The molecule has 2 rings (SSSR count). The average molecular weight is 238 g/mol. The Bertz CT molecular complexity index is 455. The van der Waals surface area contributed by atoms with E-state index in [2.05, 4.69) is 4.98 Å². The molecular weight excluding hydrogens is 229 g/mol. The summed E-state index contributed by atoms with van der Waals surface area (Å²) in [7, 11) is 0. The maximum atomic E-state index is 12.6. The predicted molar refractivity (Wildman–Crippen MR) is 60.3 cm³/mol. The lowest BCUT2D eigenvalue weighted by Gasteiger charge is -2.04. The first-order valence-corrected chi connectivity index (χ1v) is 5.26. The summed E-state index contributed by atoms with van der Waals surface area (Å²) >= 11 is 5.63. The van der Waals surface area contributed by atoms with Crippen LogP contribution in [0.15, 0.2) is 42.6 Å². The summed E-state index contributed by atoms with van der Waals surface area (Å²) in [6.07, 6.45) is 1.64. The number of benzene rings is 1. The summed E-state index contributed by atoms with van der Waals surface area (Å²) in [5.74, 6) is 1.13. The van der Waals surface area contributed by atoms with Gasteiger partial charge >= 0.3 is 0 Å². The Hall–Kier alpha value is -1.61. The molecule has 0 saturated carbocycles. The normalized spacial score (nSPS) is 10.1. The first-order valence-electron chi connectivity index (χ1n) is 4.72. The molecule has 2 aromatic rings. The summed E-state index contributed by atoms with van der Waals surface area (Å²) in [6.45, 7) is 0. The van der Waals surface area contributed by atoms with Crippen LogP contribution in [-0.4, -0.2) is 4.98 Å². The van der Waals surface area contributed by atoms with Crippen molar-refractivity contribution in [3.05, 3.63) is 54.0 Å². The van der Waals surface area contributed by atoms with Crippen LogP contribution in [0.3, 0.4) is 0 Å². The van der Waals surface area contributed by atoms with Crippen molar-refractivity contribution in [2.75, 3.05) is 0 Å². The van der Waals surface area contributed by atoms with Gasteiger partial charge in [-0.3, -0.25) is 0 Å². The number of hydrogen-bond donors (Lipinski definition) is 0. The van der Waals surface area contributed by atoms with Gasteiger partial charge in [-0.25, -0.2) is 9.37 Å². The van der Waals surface area contributed by atoms with Crippen LogP contribution in [0.1, 0.15) is 5.56 Å². The molecule has 0 aliphatic heterocycles. The molecule has 0 spiro atoms. The van der Waals surface area contributed by atoms with Crippen molar-refractivity contribution in [1.82, 2.24) is 4.98 Å². The SMILES string of the molecule is Fc1ccc(Oc2ccc(CCl)cn2)cc1. The molecule has 1 aromatic carbocycles. The van der Waals surface area contributed by atoms with Crippen molar-refractivity contribution in [1.29, 1.82) is 0 Å². The first kappa shape index (κ1) is 10.9. The Kier molecular flexibility index (Phi) is 3.37. The molecule has 2 nitrogen and oxygen atoms in total. The number of rotatable bonds is 3. The second-order valence-corrected chi connectivity index (χ2v) is 3.46. The van der Waals surface area contributed by atoms with E-state index in [9.17, 15) is 4.39 Å². The molecule has 0 atom stereocenters. The van der Waals surface area contributed by atoms with Crippen LogP contribution in [0.5, 0.6) is 11.6 Å². The Balaban J connectivity index is 2.11. The van der Waals surface area contributed by atoms with E-state index in [1.165, 1.54) is 12.1 Å². The molecule has 0 aliphatic rings. The van der Waals surface area contributed by atoms with E-state index in [0.29, 0.717) is 17.5 Å². The lowest BCUT2D eigenvalue weighted by atomic mass is 10.3. The van der Waals surface area contributed by atoms with Crippen LogP contribution in [0.4, 0.5) is 4.39 Å². The minimum absolute atomic E-state index is 0.294. The van der Waals surface area contributed by atoms with Crippen LogP contribution >= 0.6 is 11.6 Å². The average Bonchev–Trinajstić information content (AvgIpc) is 2.33. The summed E-state index contributed by atoms with van der Waals surface area (Å²) in [4.78, 5) is 4.07. The minimum atomic E-state index is -0.294. The van der Waals surface area contributed by atoms with Gasteiger partial charge in [0.15, 0.2) is 0 Å². The summed E-state index contributed by atoms with van der Waals surface area (Å²) in [5, 5.41) is 0. The van der Waals surface area contributed by atoms with E-state index in [1.807, 2.05) is 6.07 Å². The van der Waals surface area contributed by atoms with Crippen LogP contribution in [0.2, 0.25) is 0 Å². The molecule has 0 fully saturated rings. The van der Waals surface area contributed by atoms with Crippen LogP contribution in [0, 0.1) is 5.82 Å². The fraction of sp³-hybridized carbons (Fsp3) is 0.0833. The topological polar surface area (TPSA) is 22.1 Å². The molecule has 0 N–H and O–H groups in total. The van der Waals surface area contributed by atoms with Crippen LogP contribution < -0.4 is 4.74 Å². The number of nitrogens with zero attached hydrogens (tertiary/aromatic N) is 1. The van der Waals surface area contributed by atoms with E-state index in [-0.39, 0.29) is 5.82 Å². The third kappa shape index (κ3) is 2.70. The Morgan fingerprint density at radius 3 is 2.44 bits per heavy atom. The third-order valence-corrected chi connectivity index (χ3v) is 2.30. The highest BCUT2D eigenvalue weighted by atomic mass is 35.5. The highest BCUT2D eigenvalue weighted by Gasteiger charge is 1.99. The smallest absolute Gasteiger partial charge is 0.219 e. The maximum absolute atomic E-state index is 12.6. The summed E-state index contributed by atoms with van der Waals surface area (Å²) in [6, 6.07) is 9.32. The van der Waals surface area contributed by atoms with Gasteiger partial charge in [0.2, 0.25) is 5.88 Å². The maximum Gasteiger partial charge on any atom is 0.219 e. The van der Waals surface area contributed by atoms with E-state index < -0.39 is 0 Å². The highest BCUT2D eigenvalue weighted by Crippen LogP contribution is 2.19. The van der Waals surface area contributed by atoms with Gasteiger partial charge in [-0.2, -0.15) is 0 Å². The molecular formula is C12H9ClFNO. The number of alkyl halides is 1. The zero-order valence-corrected chi connectivity index (χ0v) is 9.12. The number of hydrogen-bond acceptors (Lipinski definition) is 2. The molecule has 0 bridgehead atoms. The Morgan fingerprint density at radius 2 is 1.88 bits per heavy atom. The number of pyridine rings is 1. The standard InChI is InChI=1S/C12H9ClFNO/c13-7-9-1-6-12(15-8-9)16-11-4-2-10(14)3-5-11/h1-6,8H,7H2. The van der Waals surface area contributed by atoms with Crippen molar-refractivity contribution >= 4 is 11.6 Å². The van der Waals surface area contributed by atoms with Crippen molar-refractivity contribution < 1.29 is 9.13 Å². The van der Waals surface area contributed by atoms with Crippen molar-refractivity contribution in [2.24, 2.45) is 0 Å². The first-order chi connectivity index (χ1) is 7.78. The number of ether oxygens (including phenoxy) is 1. The molecule has 0 amide bonds. The van der Waals surface area contributed by atoms with E-state index in [1.54, 1.807) is 24.4 Å². The van der Waals surface area contributed by atoms with Gasteiger partial charge < -0.3 is 4.74 Å². The van der Waals surface area contributed by atoms with Gasteiger partial charge in [0, 0.05) is 18.1 Å². The molecule has 0 saturated heterocycles. The van der Waals surface area contributed by atoms with E-state index in [4.69, 9.17) is 16.3 Å². The van der Waals surface area contributed by atoms with Crippen molar-refractivity contribution in [2.45, 2.75) is 5.88 Å². The summed E-state index contributed by atoms with van der Waals surface area (Å²) in [5.41, 5.74) is 0.924. The molecule has 0 radical (unpaired) electrons. The fourth-order valence-corrected chi connectivity index (χ4v) is 1.33. The third-order valence-electron chi connectivity index (χ3n) is 1.99. The van der Waals surface area contributed by atoms with E-state index >= 15 is 0 Å². The van der Waals surface area contributed by atoms with Gasteiger partial charge in [0.1, 0.15) is 11.6 Å². The molecule has 4 heteroatoms. The van der Waals surface area contributed by atoms with Crippen molar-refractivity contribution in [3.8, 4) is 11.6 Å². The fourth-order valence-electron chi connectivity index (χ4n) is 1.17. The Labute approximate surface area is 97.7 Å². The van der Waals surface area contributed by atoms with Gasteiger partial charge in [0.05, 0.1) is 0 Å². The minimum Gasteiger partial charge on any atom is -0.439 e. The van der Waals surface area contributed by atoms with Crippen molar-refractivity contribution in [3.63, 3.8) is 0 Å². The summed E-state index contributed by atoms with van der Waals surface area (Å²) < 4.78 is 18.1. The van der Waals surface area contributed by atoms with Crippen LogP contribution in [0.25, 0.3) is 0 Å². The predicted octanol–water partition coefficient (Wildman–Crippen LogP) is 3.75. The molecule has 0 unspecified atom stereocenters. The van der Waals surface area contributed by atoms with Gasteiger partial charge in [-0.15, -0.1) is 11.6 Å². The molecule has 82 valence electrons. The number of halogens is 2. The molecule has 0 aliphatic carbocycles. The highest BCUT2D eigenvalue weighted by molar-refractivity contribution is 6.17. The Morgan fingerprint density at radius 1 is 1.12 bits per heavy atom. The van der Waals surface area contributed by atoms with E-state index in [0.717, 1.165) is 5.56 Å².